The van der Waals surface area contributed by atoms with Gasteiger partial charge in [-0.3, -0.25) is 4.79 Å². The lowest BCUT2D eigenvalue weighted by Gasteiger charge is -2.11. The average Bonchev–Trinajstić information content (AvgIpc) is 2.54. The molecule has 4 nitrogen and oxygen atoms in total. The highest BCUT2D eigenvalue weighted by Crippen LogP contribution is 2.16. The first-order valence-electron chi connectivity index (χ1n) is 6.98. The first-order valence-corrected chi connectivity index (χ1v) is 6.98. The summed E-state index contributed by atoms with van der Waals surface area (Å²) >= 11 is 0. The van der Waals surface area contributed by atoms with Crippen molar-refractivity contribution < 1.29 is 9.53 Å². The quantitative estimate of drug-likeness (QED) is 0.855. The predicted octanol–water partition coefficient (Wildman–Crippen LogP) is 3.31. The van der Waals surface area contributed by atoms with Crippen LogP contribution in [0.4, 0.5) is 11.4 Å². The average molecular weight is 284 g/mol. The van der Waals surface area contributed by atoms with Gasteiger partial charge in [0.05, 0.1) is 13.7 Å². The molecular formula is C17H20N2O2. The fraction of sp³-hybridized carbons (Fsp3) is 0.235. The third-order valence-corrected chi connectivity index (χ3v) is 3.22. The van der Waals surface area contributed by atoms with E-state index in [1.54, 1.807) is 7.11 Å². The van der Waals surface area contributed by atoms with Crippen molar-refractivity contribution in [3.8, 4) is 5.75 Å². The van der Waals surface area contributed by atoms with Crippen LogP contribution in [0.1, 0.15) is 12.5 Å². The second-order valence-electron chi connectivity index (χ2n) is 4.64. The molecule has 0 spiro atoms. The van der Waals surface area contributed by atoms with Crippen LogP contribution in [0.3, 0.4) is 0 Å². The van der Waals surface area contributed by atoms with E-state index in [2.05, 4.69) is 17.6 Å². The number of amides is 1. The Morgan fingerprint density at radius 1 is 1.10 bits per heavy atom. The lowest BCUT2D eigenvalue weighted by Crippen LogP contribution is -2.22. The Balaban J connectivity index is 1.89. The van der Waals surface area contributed by atoms with Crippen molar-refractivity contribution in [3.63, 3.8) is 0 Å². The highest BCUT2D eigenvalue weighted by Gasteiger charge is 2.05. The molecule has 4 heteroatoms. The number of hydrogen-bond donors (Lipinski definition) is 2. The van der Waals surface area contributed by atoms with Crippen LogP contribution in [-0.4, -0.2) is 19.6 Å². The van der Waals surface area contributed by atoms with E-state index in [-0.39, 0.29) is 12.5 Å². The molecule has 0 heterocycles. The van der Waals surface area contributed by atoms with E-state index in [4.69, 9.17) is 4.74 Å². The van der Waals surface area contributed by atoms with Crippen LogP contribution < -0.4 is 15.4 Å². The Kier molecular flexibility index (Phi) is 5.21. The highest BCUT2D eigenvalue weighted by atomic mass is 16.5. The maximum Gasteiger partial charge on any atom is 0.243 e. The van der Waals surface area contributed by atoms with Gasteiger partial charge in [0.15, 0.2) is 0 Å². The molecule has 110 valence electrons. The number of methoxy groups -OCH3 is 1. The molecule has 0 aliphatic rings. The number of hydrogen-bond acceptors (Lipinski definition) is 3. The van der Waals surface area contributed by atoms with Gasteiger partial charge in [0.2, 0.25) is 5.91 Å². The molecule has 0 saturated heterocycles. The van der Waals surface area contributed by atoms with Gasteiger partial charge < -0.3 is 15.4 Å². The Morgan fingerprint density at radius 3 is 2.48 bits per heavy atom. The Bertz CT molecular complexity index is 594. The minimum absolute atomic E-state index is 0.0632. The molecule has 2 aromatic rings. The number of para-hydroxylation sites is 1. The van der Waals surface area contributed by atoms with Crippen LogP contribution in [0.25, 0.3) is 0 Å². The number of carbonyl (C=O) groups excluding carboxylic acids is 1. The second-order valence-corrected chi connectivity index (χ2v) is 4.64. The summed E-state index contributed by atoms with van der Waals surface area (Å²) in [6.07, 6.45) is 0.891. The smallest absolute Gasteiger partial charge is 0.243 e. The van der Waals surface area contributed by atoms with Crippen LogP contribution >= 0.6 is 0 Å². The van der Waals surface area contributed by atoms with Crippen LogP contribution in [0.2, 0.25) is 0 Å². The molecule has 0 atom stereocenters. The topological polar surface area (TPSA) is 50.4 Å². The van der Waals surface area contributed by atoms with E-state index in [1.165, 1.54) is 0 Å². The summed E-state index contributed by atoms with van der Waals surface area (Å²) in [5.41, 5.74) is 2.89. The number of ether oxygens (including phenoxy) is 1. The Morgan fingerprint density at radius 2 is 1.81 bits per heavy atom. The molecule has 0 unspecified atom stereocenters. The van der Waals surface area contributed by atoms with Gasteiger partial charge in [-0.25, -0.2) is 0 Å². The molecular weight excluding hydrogens is 264 g/mol. The number of benzene rings is 2. The monoisotopic (exact) mass is 284 g/mol. The second kappa shape index (κ2) is 7.33. The molecule has 2 rings (SSSR count). The van der Waals surface area contributed by atoms with Gasteiger partial charge in [0, 0.05) is 11.4 Å². The fourth-order valence-electron chi connectivity index (χ4n) is 2.04. The SMILES string of the molecule is CCc1ccccc1NC(=O)CNc1ccc(OC)cc1. The number of carbonyl (C=O) groups is 1. The minimum atomic E-state index is -0.0632. The summed E-state index contributed by atoms with van der Waals surface area (Å²) in [7, 11) is 1.63. The Labute approximate surface area is 125 Å². The largest absolute Gasteiger partial charge is 0.497 e. The van der Waals surface area contributed by atoms with E-state index < -0.39 is 0 Å². The molecule has 0 aromatic heterocycles. The third kappa shape index (κ3) is 4.24. The number of aryl methyl sites for hydroxylation is 1. The maximum absolute atomic E-state index is 12.0. The molecule has 0 radical (unpaired) electrons. The predicted molar refractivity (Wildman–Crippen MR) is 85.9 cm³/mol. The van der Waals surface area contributed by atoms with Crippen molar-refractivity contribution in [2.24, 2.45) is 0 Å². The lowest BCUT2D eigenvalue weighted by molar-refractivity contribution is -0.114. The van der Waals surface area contributed by atoms with E-state index in [1.807, 2.05) is 48.5 Å². The first-order chi connectivity index (χ1) is 10.2. The van der Waals surface area contributed by atoms with E-state index in [0.717, 1.165) is 29.1 Å². The summed E-state index contributed by atoms with van der Waals surface area (Å²) in [6, 6.07) is 15.3. The van der Waals surface area contributed by atoms with Gasteiger partial charge in [0.25, 0.3) is 0 Å². The number of anilines is 2. The molecule has 21 heavy (non-hydrogen) atoms. The Hall–Kier alpha value is -2.49. The van der Waals surface area contributed by atoms with E-state index in [9.17, 15) is 4.79 Å². The van der Waals surface area contributed by atoms with Gasteiger partial charge in [-0.1, -0.05) is 25.1 Å². The molecule has 0 fully saturated rings. The molecule has 0 aliphatic heterocycles. The molecule has 1 amide bonds. The summed E-state index contributed by atoms with van der Waals surface area (Å²) in [5.74, 6) is 0.730. The maximum atomic E-state index is 12.0. The highest BCUT2D eigenvalue weighted by molar-refractivity contribution is 5.94. The zero-order chi connectivity index (χ0) is 15.1. The van der Waals surface area contributed by atoms with Crippen LogP contribution in [-0.2, 0) is 11.2 Å². The molecule has 0 saturated carbocycles. The zero-order valence-corrected chi connectivity index (χ0v) is 12.3. The standard InChI is InChI=1S/C17H20N2O2/c1-3-13-6-4-5-7-16(13)19-17(20)12-18-14-8-10-15(21-2)11-9-14/h4-11,18H,3,12H2,1-2H3,(H,19,20). The molecule has 0 bridgehead atoms. The van der Waals surface area contributed by atoms with Gasteiger partial charge >= 0.3 is 0 Å². The number of rotatable bonds is 6. The van der Waals surface area contributed by atoms with Gasteiger partial charge in [-0.05, 0) is 42.3 Å². The molecule has 0 aliphatic carbocycles. The van der Waals surface area contributed by atoms with Crippen LogP contribution in [0, 0.1) is 0 Å². The van der Waals surface area contributed by atoms with Crippen molar-refractivity contribution >= 4 is 17.3 Å². The lowest BCUT2D eigenvalue weighted by atomic mass is 10.1. The summed E-state index contributed by atoms with van der Waals surface area (Å²) in [5, 5.41) is 6.01. The molecule has 2 N–H and O–H groups in total. The summed E-state index contributed by atoms with van der Waals surface area (Å²) in [6.45, 7) is 2.30. The van der Waals surface area contributed by atoms with Gasteiger partial charge in [-0.15, -0.1) is 0 Å². The van der Waals surface area contributed by atoms with Gasteiger partial charge in [0.1, 0.15) is 5.75 Å². The first kappa shape index (κ1) is 14.9. The van der Waals surface area contributed by atoms with E-state index in [0.29, 0.717) is 0 Å². The van der Waals surface area contributed by atoms with Crippen molar-refractivity contribution in [2.45, 2.75) is 13.3 Å². The van der Waals surface area contributed by atoms with E-state index >= 15 is 0 Å². The fourth-order valence-corrected chi connectivity index (χ4v) is 2.04. The minimum Gasteiger partial charge on any atom is -0.497 e. The number of nitrogens with one attached hydrogen (secondary N) is 2. The summed E-state index contributed by atoms with van der Waals surface area (Å²) in [4.78, 5) is 12.0. The van der Waals surface area contributed by atoms with Crippen LogP contribution in [0.15, 0.2) is 48.5 Å². The third-order valence-electron chi connectivity index (χ3n) is 3.22. The molecule has 2 aromatic carbocycles. The van der Waals surface area contributed by atoms with Crippen molar-refractivity contribution in [3.05, 3.63) is 54.1 Å². The van der Waals surface area contributed by atoms with Crippen molar-refractivity contribution in [1.82, 2.24) is 0 Å². The zero-order valence-electron chi connectivity index (χ0n) is 12.3. The van der Waals surface area contributed by atoms with Gasteiger partial charge in [-0.2, -0.15) is 0 Å². The normalized spacial score (nSPS) is 10.0. The van der Waals surface area contributed by atoms with Crippen molar-refractivity contribution in [1.29, 1.82) is 0 Å². The van der Waals surface area contributed by atoms with Crippen molar-refractivity contribution in [2.75, 3.05) is 24.3 Å². The van der Waals surface area contributed by atoms with Crippen LogP contribution in [0.5, 0.6) is 5.75 Å². The summed E-state index contributed by atoms with van der Waals surface area (Å²) < 4.78 is 5.09.